The fourth-order valence-corrected chi connectivity index (χ4v) is 4.59. The van der Waals surface area contributed by atoms with E-state index in [2.05, 4.69) is 11.3 Å². The number of rotatable bonds is 10. The van der Waals surface area contributed by atoms with Gasteiger partial charge in [0, 0.05) is 18.0 Å². The first-order valence-electron chi connectivity index (χ1n) is 8.66. The van der Waals surface area contributed by atoms with Crippen molar-refractivity contribution in [2.45, 2.75) is 18.4 Å². The standard InChI is InChI=1S/C19H21ClN2O5S2/c1-3-10-22(12-15-8-9-17(20)28-15)18(23)13-27-19(24)14-6-5-7-16(11-14)29(25,26)21-4-2/h3,5-9,11,21H,1,4,10,12-13H2,2H3. The Bertz CT molecular complexity index is 988. The first-order chi connectivity index (χ1) is 13.8. The minimum Gasteiger partial charge on any atom is -0.452 e. The van der Waals surface area contributed by atoms with Crippen LogP contribution in [0.15, 0.2) is 53.9 Å². The number of thiophene rings is 1. The maximum atomic E-state index is 12.5. The molecule has 1 amide bonds. The molecule has 1 N–H and O–H groups in total. The normalized spacial score (nSPS) is 11.1. The summed E-state index contributed by atoms with van der Waals surface area (Å²) >= 11 is 7.27. The summed E-state index contributed by atoms with van der Waals surface area (Å²) in [5, 5.41) is 0. The Kier molecular flexibility index (Phi) is 8.39. The molecule has 0 bridgehead atoms. The summed E-state index contributed by atoms with van der Waals surface area (Å²) in [6.45, 7) is 5.63. The van der Waals surface area contributed by atoms with Crippen LogP contribution in [0.3, 0.4) is 0 Å². The van der Waals surface area contributed by atoms with Crippen LogP contribution in [-0.2, 0) is 26.1 Å². The highest BCUT2D eigenvalue weighted by molar-refractivity contribution is 7.89. The smallest absolute Gasteiger partial charge is 0.338 e. The zero-order chi connectivity index (χ0) is 21.4. The van der Waals surface area contributed by atoms with E-state index in [1.54, 1.807) is 19.1 Å². The molecule has 0 saturated carbocycles. The first kappa shape index (κ1) is 23.1. The Balaban J connectivity index is 2.03. The molecule has 0 aliphatic heterocycles. The van der Waals surface area contributed by atoms with Gasteiger partial charge in [-0.1, -0.05) is 30.7 Å². The van der Waals surface area contributed by atoms with Gasteiger partial charge in [0.1, 0.15) is 0 Å². The molecule has 0 unspecified atom stereocenters. The zero-order valence-corrected chi connectivity index (χ0v) is 18.1. The highest BCUT2D eigenvalue weighted by Crippen LogP contribution is 2.22. The number of amides is 1. The van der Waals surface area contributed by atoms with Gasteiger partial charge in [0.2, 0.25) is 10.0 Å². The molecule has 0 aliphatic rings. The van der Waals surface area contributed by atoms with Crippen molar-refractivity contribution in [3.8, 4) is 0 Å². The molecular weight excluding hydrogens is 436 g/mol. The molecule has 0 radical (unpaired) electrons. The van der Waals surface area contributed by atoms with Crippen LogP contribution in [-0.4, -0.2) is 44.9 Å². The highest BCUT2D eigenvalue weighted by atomic mass is 35.5. The number of esters is 1. The van der Waals surface area contributed by atoms with Gasteiger partial charge >= 0.3 is 5.97 Å². The largest absolute Gasteiger partial charge is 0.452 e. The van der Waals surface area contributed by atoms with Crippen LogP contribution in [0.25, 0.3) is 0 Å². The molecule has 0 fully saturated rings. The molecule has 29 heavy (non-hydrogen) atoms. The lowest BCUT2D eigenvalue weighted by molar-refractivity contribution is -0.134. The van der Waals surface area contributed by atoms with Gasteiger partial charge in [0.25, 0.3) is 5.91 Å². The number of halogens is 1. The van der Waals surface area contributed by atoms with Crippen LogP contribution >= 0.6 is 22.9 Å². The van der Waals surface area contributed by atoms with Crippen molar-refractivity contribution in [1.82, 2.24) is 9.62 Å². The third-order valence-electron chi connectivity index (χ3n) is 3.72. The predicted octanol–water partition coefficient (Wildman–Crippen LogP) is 3.07. The van der Waals surface area contributed by atoms with E-state index in [4.69, 9.17) is 16.3 Å². The second-order valence-electron chi connectivity index (χ2n) is 5.87. The SMILES string of the molecule is C=CCN(Cc1ccc(Cl)s1)C(=O)COC(=O)c1cccc(S(=O)(=O)NCC)c1. The van der Waals surface area contributed by atoms with Crippen molar-refractivity contribution in [2.24, 2.45) is 0 Å². The van der Waals surface area contributed by atoms with E-state index in [1.165, 1.54) is 40.5 Å². The Morgan fingerprint density at radius 3 is 2.69 bits per heavy atom. The van der Waals surface area contributed by atoms with Gasteiger partial charge in [-0.05, 0) is 30.3 Å². The fourth-order valence-electron chi connectivity index (χ4n) is 2.40. The van der Waals surface area contributed by atoms with E-state index in [-0.39, 0.29) is 23.5 Å². The number of ether oxygens (including phenoxy) is 1. The summed E-state index contributed by atoms with van der Waals surface area (Å²) in [4.78, 5) is 27.1. The number of nitrogens with zero attached hydrogens (tertiary/aromatic N) is 1. The van der Waals surface area contributed by atoms with Crippen molar-refractivity contribution < 1.29 is 22.7 Å². The molecule has 2 aromatic rings. The van der Waals surface area contributed by atoms with E-state index in [9.17, 15) is 18.0 Å². The second-order valence-corrected chi connectivity index (χ2v) is 9.44. The molecule has 0 spiro atoms. The Morgan fingerprint density at radius 1 is 1.31 bits per heavy atom. The Labute approximate surface area is 179 Å². The topological polar surface area (TPSA) is 92.8 Å². The van der Waals surface area contributed by atoms with E-state index in [0.717, 1.165) is 4.88 Å². The molecular formula is C19H21ClN2O5S2. The average Bonchev–Trinajstić information content (AvgIpc) is 3.10. The molecule has 2 rings (SSSR count). The number of hydrogen-bond donors (Lipinski definition) is 1. The lowest BCUT2D eigenvalue weighted by Crippen LogP contribution is -2.34. The van der Waals surface area contributed by atoms with Crippen LogP contribution in [0.5, 0.6) is 0 Å². The average molecular weight is 457 g/mol. The minimum absolute atomic E-state index is 0.0390. The van der Waals surface area contributed by atoms with Crippen molar-refractivity contribution in [2.75, 3.05) is 19.7 Å². The second kappa shape index (κ2) is 10.5. The number of sulfonamides is 1. The van der Waals surface area contributed by atoms with E-state index in [1.807, 2.05) is 6.07 Å². The van der Waals surface area contributed by atoms with Gasteiger partial charge in [0.05, 0.1) is 21.3 Å². The number of hydrogen-bond acceptors (Lipinski definition) is 6. The summed E-state index contributed by atoms with van der Waals surface area (Å²) < 4.78 is 32.2. The molecule has 1 heterocycles. The highest BCUT2D eigenvalue weighted by Gasteiger charge is 2.19. The molecule has 0 saturated heterocycles. The number of carbonyl (C=O) groups excluding carboxylic acids is 2. The van der Waals surface area contributed by atoms with Gasteiger partial charge in [-0.2, -0.15) is 0 Å². The lowest BCUT2D eigenvalue weighted by Gasteiger charge is -2.20. The monoisotopic (exact) mass is 456 g/mol. The molecule has 10 heteroatoms. The number of nitrogens with one attached hydrogen (secondary N) is 1. The summed E-state index contributed by atoms with van der Waals surface area (Å²) in [6, 6.07) is 9.00. The maximum Gasteiger partial charge on any atom is 0.338 e. The number of carbonyl (C=O) groups is 2. The molecule has 1 aromatic heterocycles. The van der Waals surface area contributed by atoms with Crippen LogP contribution < -0.4 is 4.72 Å². The van der Waals surface area contributed by atoms with Crippen molar-refractivity contribution >= 4 is 44.8 Å². The van der Waals surface area contributed by atoms with Gasteiger partial charge in [-0.25, -0.2) is 17.9 Å². The van der Waals surface area contributed by atoms with E-state index < -0.39 is 28.5 Å². The third kappa shape index (κ3) is 6.67. The van der Waals surface area contributed by atoms with Crippen molar-refractivity contribution in [3.05, 3.63) is 63.8 Å². The fraction of sp³-hybridized carbons (Fsp3) is 0.263. The van der Waals surface area contributed by atoms with Gasteiger partial charge in [-0.15, -0.1) is 17.9 Å². The van der Waals surface area contributed by atoms with Crippen molar-refractivity contribution in [3.63, 3.8) is 0 Å². The van der Waals surface area contributed by atoms with Gasteiger partial charge < -0.3 is 9.64 Å². The van der Waals surface area contributed by atoms with Crippen LogP contribution in [0.4, 0.5) is 0 Å². The van der Waals surface area contributed by atoms with E-state index in [0.29, 0.717) is 10.9 Å². The quantitative estimate of drug-likeness (QED) is 0.438. The summed E-state index contributed by atoms with van der Waals surface area (Å²) in [7, 11) is -3.70. The molecule has 1 aromatic carbocycles. The maximum absolute atomic E-state index is 12.5. The predicted molar refractivity (Wildman–Crippen MR) is 113 cm³/mol. The summed E-state index contributed by atoms with van der Waals surface area (Å²) in [5.74, 6) is -1.19. The van der Waals surface area contributed by atoms with Crippen LogP contribution in [0.1, 0.15) is 22.2 Å². The molecule has 7 nitrogen and oxygen atoms in total. The number of benzene rings is 1. The molecule has 0 aliphatic carbocycles. The van der Waals surface area contributed by atoms with Gasteiger partial charge in [-0.3, -0.25) is 4.79 Å². The van der Waals surface area contributed by atoms with E-state index >= 15 is 0 Å². The minimum atomic E-state index is -3.70. The molecule has 0 atom stereocenters. The van der Waals surface area contributed by atoms with Crippen LogP contribution in [0.2, 0.25) is 4.34 Å². The van der Waals surface area contributed by atoms with Crippen LogP contribution in [0, 0.1) is 0 Å². The third-order valence-corrected chi connectivity index (χ3v) is 6.48. The van der Waals surface area contributed by atoms with Crippen molar-refractivity contribution in [1.29, 1.82) is 0 Å². The Morgan fingerprint density at radius 2 is 2.07 bits per heavy atom. The van der Waals surface area contributed by atoms with Gasteiger partial charge in [0.15, 0.2) is 6.61 Å². The Hall–Kier alpha value is -2.20. The summed E-state index contributed by atoms with van der Waals surface area (Å²) in [5.41, 5.74) is 0.0390. The summed E-state index contributed by atoms with van der Waals surface area (Å²) in [6.07, 6.45) is 1.57. The zero-order valence-electron chi connectivity index (χ0n) is 15.8. The first-order valence-corrected chi connectivity index (χ1v) is 11.3. The lowest BCUT2D eigenvalue weighted by atomic mass is 10.2. The molecule has 156 valence electrons.